The molecule has 3 N–H and O–H groups in total. The number of amides is 2. The zero-order valence-corrected chi connectivity index (χ0v) is 12.7. The molecule has 2 heterocycles. The molecule has 0 saturated heterocycles. The highest BCUT2D eigenvalue weighted by Gasteiger charge is 2.11. The minimum Gasteiger partial charge on any atom is -0.480 e. The van der Waals surface area contributed by atoms with Crippen LogP contribution in [-0.4, -0.2) is 45.4 Å². The van der Waals surface area contributed by atoms with Crippen molar-refractivity contribution in [1.82, 2.24) is 20.0 Å². The summed E-state index contributed by atoms with van der Waals surface area (Å²) in [7, 11) is 0. The van der Waals surface area contributed by atoms with Crippen molar-refractivity contribution in [3.05, 3.63) is 35.8 Å². The van der Waals surface area contributed by atoms with Crippen LogP contribution in [0.1, 0.15) is 17.8 Å². The molecule has 2 amide bonds. The summed E-state index contributed by atoms with van der Waals surface area (Å²) in [4.78, 5) is 37.8. The van der Waals surface area contributed by atoms with E-state index in [4.69, 9.17) is 5.11 Å². The highest BCUT2D eigenvalue weighted by molar-refractivity contribution is 5.86. The summed E-state index contributed by atoms with van der Waals surface area (Å²) < 4.78 is 1.93. The normalized spacial score (nSPS) is 10.5. The third-order valence-corrected chi connectivity index (χ3v) is 3.30. The van der Waals surface area contributed by atoms with Crippen LogP contribution in [0.5, 0.6) is 0 Å². The number of rotatable bonds is 7. The number of aryl methyl sites for hydroxylation is 2. The number of imidazole rings is 1. The average molecular weight is 318 g/mol. The Hall–Kier alpha value is -2.90. The number of pyridine rings is 1. The molecule has 0 unspecified atom stereocenters. The molecule has 0 aliphatic rings. The van der Waals surface area contributed by atoms with Gasteiger partial charge in [0.05, 0.1) is 12.2 Å². The number of fused-ring (bicyclic) bond motifs is 1. The number of nitrogens with one attached hydrogen (secondary N) is 2. The van der Waals surface area contributed by atoms with E-state index >= 15 is 0 Å². The van der Waals surface area contributed by atoms with Crippen LogP contribution in [0.4, 0.5) is 0 Å². The molecule has 8 nitrogen and oxygen atoms in total. The summed E-state index contributed by atoms with van der Waals surface area (Å²) in [5, 5.41) is 13.1. The Morgan fingerprint density at radius 2 is 1.91 bits per heavy atom. The Bertz CT molecular complexity index is 738. The number of carboxylic acid groups (broad SMARTS) is 1. The zero-order valence-electron chi connectivity index (χ0n) is 12.7. The minimum atomic E-state index is -1.13. The van der Waals surface area contributed by atoms with Gasteiger partial charge >= 0.3 is 5.97 Å². The van der Waals surface area contributed by atoms with E-state index in [0.717, 1.165) is 17.0 Å². The van der Waals surface area contributed by atoms with E-state index in [1.165, 1.54) is 0 Å². The standard InChI is InChI=1S/C15H18N4O4/c1-10-11(19-7-3-2-4-12(19)18-10)5-6-13(20)16-8-14(21)17-9-15(22)23/h2-4,7H,5-6,8-9H2,1H3,(H,16,20)(H,17,21)(H,22,23). The van der Waals surface area contributed by atoms with Crippen molar-refractivity contribution in [2.24, 2.45) is 0 Å². The molecule has 0 atom stereocenters. The van der Waals surface area contributed by atoms with Crippen molar-refractivity contribution >= 4 is 23.4 Å². The fourth-order valence-corrected chi connectivity index (χ4v) is 2.20. The first-order valence-electron chi connectivity index (χ1n) is 7.15. The maximum absolute atomic E-state index is 11.8. The topological polar surface area (TPSA) is 113 Å². The highest BCUT2D eigenvalue weighted by Crippen LogP contribution is 2.13. The predicted molar refractivity (Wildman–Crippen MR) is 81.9 cm³/mol. The first-order chi connectivity index (χ1) is 11.0. The third kappa shape index (κ3) is 4.53. The predicted octanol–water partition coefficient (Wildman–Crippen LogP) is -0.108. The minimum absolute atomic E-state index is 0.218. The monoisotopic (exact) mass is 318 g/mol. The quantitative estimate of drug-likeness (QED) is 0.659. The van der Waals surface area contributed by atoms with Gasteiger partial charge in [0, 0.05) is 18.3 Å². The molecule has 0 aliphatic carbocycles. The Kier molecular flexibility index (Phi) is 5.29. The van der Waals surface area contributed by atoms with Crippen LogP contribution in [0.3, 0.4) is 0 Å². The van der Waals surface area contributed by atoms with Crippen molar-refractivity contribution < 1.29 is 19.5 Å². The smallest absolute Gasteiger partial charge is 0.322 e. The molecule has 0 bridgehead atoms. The Labute approximate surface area is 132 Å². The highest BCUT2D eigenvalue weighted by atomic mass is 16.4. The number of nitrogens with zero attached hydrogens (tertiary/aromatic N) is 2. The summed E-state index contributed by atoms with van der Waals surface area (Å²) >= 11 is 0. The van der Waals surface area contributed by atoms with Crippen LogP contribution < -0.4 is 10.6 Å². The second-order valence-corrected chi connectivity index (χ2v) is 5.02. The van der Waals surface area contributed by atoms with Gasteiger partial charge in [-0.2, -0.15) is 0 Å². The second-order valence-electron chi connectivity index (χ2n) is 5.02. The summed E-state index contributed by atoms with van der Waals surface area (Å²) in [6.07, 6.45) is 2.61. The number of carboxylic acids is 1. The van der Waals surface area contributed by atoms with E-state index in [9.17, 15) is 14.4 Å². The van der Waals surface area contributed by atoms with Gasteiger partial charge < -0.3 is 20.1 Å². The number of hydrogen-bond acceptors (Lipinski definition) is 4. The van der Waals surface area contributed by atoms with Crippen LogP contribution in [-0.2, 0) is 20.8 Å². The molecule has 0 radical (unpaired) electrons. The molecule has 23 heavy (non-hydrogen) atoms. The van der Waals surface area contributed by atoms with Gasteiger partial charge in [-0.15, -0.1) is 0 Å². The fourth-order valence-electron chi connectivity index (χ4n) is 2.20. The second kappa shape index (κ2) is 7.39. The van der Waals surface area contributed by atoms with E-state index in [1.54, 1.807) is 0 Å². The molecule has 2 aromatic rings. The Balaban J connectivity index is 1.83. The average Bonchev–Trinajstić information content (AvgIpc) is 2.84. The number of aromatic nitrogens is 2. The molecular weight excluding hydrogens is 300 g/mol. The SMILES string of the molecule is Cc1nc2ccccn2c1CCC(=O)NCC(=O)NCC(=O)O. The van der Waals surface area contributed by atoms with Gasteiger partial charge in [-0.3, -0.25) is 14.4 Å². The number of carbonyl (C=O) groups excluding carboxylic acids is 2. The molecule has 2 aromatic heterocycles. The van der Waals surface area contributed by atoms with E-state index < -0.39 is 18.4 Å². The van der Waals surface area contributed by atoms with Crippen LogP contribution in [0.2, 0.25) is 0 Å². The van der Waals surface area contributed by atoms with Crippen LogP contribution >= 0.6 is 0 Å². The van der Waals surface area contributed by atoms with E-state index in [-0.39, 0.29) is 18.9 Å². The molecule has 0 saturated carbocycles. The number of carbonyl (C=O) groups is 3. The molecule has 0 aromatic carbocycles. The van der Waals surface area contributed by atoms with Crippen LogP contribution in [0.15, 0.2) is 24.4 Å². The lowest BCUT2D eigenvalue weighted by Gasteiger charge is -2.06. The van der Waals surface area contributed by atoms with E-state index in [1.807, 2.05) is 35.7 Å². The van der Waals surface area contributed by atoms with Gasteiger partial charge in [0.1, 0.15) is 12.2 Å². The van der Waals surface area contributed by atoms with Gasteiger partial charge in [0.2, 0.25) is 11.8 Å². The van der Waals surface area contributed by atoms with Crippen LogP contribution in [0.25, 0.3) is 5.65 Å². The van der Waals surface area contributed by atoms with E-state index in [2.05, 4.69) is 15.6 Å². The van der Waals surface area contributed by atoms with Crippen LogP contribution in [0, 0.1) is 6.92 Å². The lowest BCUT2D eigenvalue weighted by atomic mass is 10.2. The summed E-state index contributed by atoms with van der Waals surface area (Å²) in [6, 6.07) is 5.68. The number of hydrogen-bond donors (Lipinski definition) is 3. The molecule has 122 valence electrons. The molecular formula is C15H18N4O4. The fraction of sp³-hybridized carbons (Fsp3) is 0.333. The maximum Gasteiger partial charge on any atom is 0.322 e. The number of aliphatic carboxylic acids is 1. The van der Waals surface area contributed by atoms with E-state index in [0.29, 0.717) is 6.42 Å². The van der Waals surface area contributed by atoms with Gasteiger partial charge in [0.25, 0.3) is 0 Å². The molecule has 2 rings (SSSR count). The van der Waals surface area contributed by atoms with Crippen molar-refractivity contribution in [2.75, 3.05) is 13.1 Å². The third-order valence-electron chi connectivity index (χ3n) is 3.30. The Morgan fingerprint density at radius 3 is 2.65 bits per heavy atom. The molecule has 0 fully saturated rings. The van der Waals surface area contributed by atoms with Crippen molar-refractivity contribution in [3.63, 3.8) is 0 Å². The lowest BCUT2D eigenvalue weighted by molar-refractivity contribution is -0.137. The van der Waals surface area contributed by atoms with Gasteiger partial charge in [0.15, 0.2) is 0 Å². The largest absolute Gasteiger partial charge is 0.480 e. The summed E-state index contributed by atoms with van der Waals surface area (Å²) in [5.74, 6) is -1.94. The first-order valence-corrected chi connectivity index (χ1v) is 7.15. The van der Waals surface area contributed by atoms with Gasteiger partial charge in [-0.05, 0) is 25.5 Å². The van der Waals surface area contributed by atoms with Crippen molar-refractivity contribution in [3.8, 4) is 0 Å². The van der Waals surface area contributed by atoms with Crippen molar-refractivity contribution in [2.45, 2.75) is 19.8 Å². The summed E-state index contributed by atoms with van der Waals surface area (Å²) in [6.45, 7) is 1.19. The van der Waals surface area contributed by atoms with Crippen molar-refractivity contribution in [1.29, 1.82) is 0 Å². The lowest BCUT2D eigenvalue weighted by Crippen LogP contribution is -2.39. The van der Waals surface area contributed by atoms with Gasteiger partial charge in [-0.1, -0.05) is 6.07 Å². The molecule has 0 aliphatic heterocycles. The zero-order chi connectivity index (χ0) is 16.8. The maximum atomic E-state index is 11.8. The first kappa shape index (κ1) is 16.5. The summed E-state index contributed by atoms with van der Waals surface area (Å²) in [5.41, 5.74) is 2.64. The molecule has 0 spiro atoms. The Morgan fingerprint density at radius 1 is 1.17 bits per heavy atom. The van der Waals surface area contributed by atoms with Gasteiger partial charge in [-0.25, -0.2) is 4.98 Å². The molecule has 8 heteroatoms.